The Kier molecular flexibility index (Phi) is 7.83. The molecule has 0 saturated carbocycles. The number of amides is 1. The summed E-state index contributed by atoms with van der Waals surface area (Å²) in [7, 11) is 0.476. The van der Waals surface area contributed by atoms with Crippen molar-refractivity contribution in [2.75, 3.05) is 27.7 Å². The number of likely N-dealkylation sites (N-methyl/N-ethyl adjacent to an activating group) is 1. The Labute approximate surface area is 126 Å². The van der Waals surface area contributed by atoms with Gasteiger partial charge in [0.05, 0.1) is 6.42 Å². The average Bonchev–Trinajstić information content (AvgIpc) is 2.32. The molecule has 0 aliphatic rings. The molecule has 0 aromatic heterocycles. The van der Waals surface area contributed by atoms with E-state index < -0.39 is 22.2 Å². The van der Waals surface area contributed by atoms with Crippen molar-refractivity contribution >= 4 is 22.1 Å². The zero-order valence-electron chi connectivity index (χ0n) is 13.2. The smallest absolute Gasteiger partial charge is 0.304 e. The topological polar surface area (TPSA) is 107 Å². The lowest BCUT2D eigenvalue weighted by Gasteiger charge is -2.25. The summed E-state index contributed by atoms with van der Waals surface area (Å²) in [6.07, 6.45) is 0.0664. The predicted molar refractivity (Wildman–Crippen MR) is 78.9 cm³/mol. The van der Waals surface area contributed by atoms with Crippen LogP contribution in [0.5, 0.6) is 0 Å². The van der Waals surface area contributed by atoms with E-state index >= 15 is 0 Å². The van der Waals surface area contributed by atoms with Crippen LogP contribution in [0.1, 0.15) is 26.7 Å². The largest absolute Gasteiger partial charge is 0.481 e. The van der Waals surface area contributed by atoms with Gasteiger partial charge in [0, 0.05) is 27.7 Å². The highest BCUT2D eigenvalue weighted by Gasteiger charge is 2.28. The van der Waals surface area contributed by atoms with Crippen molar-refractivity contribution in [2.45, 2.75) is 32.7 Å². The third-order valence-corrected chi connectivity index (χ3v) is 4.37. The predicted octanol–water partition coefficient (Wildman–Crippen LogP) is -0.270. The molecular formula is C12H25N3O5S. The molecule has 21 heavy (non-hydrogen) atoms. The summed E-state index contributed by atoms with van der Waals surface area (Å²) in [6, 6.07) is -0.864. The van der Waals surface area contributed by atoms with E-state index in [0.29, 0.717) is 6.42 Å². The highest BCUT2D eigenvalue weighted by molar-refractivity contribution is 7.87. The van der Waals surface area contributed by atoms with Crippen molar-refractivity contribution in [1.82, 2.24) is 13.9 Å². The van der Waals surface area contributed by atoms with E-state index in [0.717, 1.165) is 4.31 Å². The maximum absolute atomic E-state index is 12.1. The molecule has 0 bridgehead atoms. The number of nitrogens with one attached hydrogen (secondary N) is 1. The fourth-order valence-electron chi connectivity index (χ4n) is 1.63. The summed E-state index contributed by atoms with van der Waals surface area (Å²) >= 11 is 0. The van der Waals surface area contributed by atoms with Crippen LogP contribution in [0.25, 0.3) is 0 Å². The summed E-state index contributed by atoms with van der Waals surface area (Å²) in [4.78, 5) is 23.9. The molecule has 0 rings (SSSR count). The third kappa shape index (κ3) is 7.39. The van der Waals surface area contributed by atoms with Gasteiger partial charge in [-0.05, 0) is 12.3 Å². The molecular weight excluding hydrogens is 298 g/mol. The molecule has 0 aromatic rings. The molecule has 0 aromatic carbocycles. The molecule has 8 nitrogen and oxygen atoms in total. The molecule has 9 heteroatoms. The lowest BCUT2D eigenvalue weighted by molar-refractivity contribution is -0.137. The molecule has 0 saturated heterocycles. The fourth-order valence-corrected chi connectivity index (χ4v) is 2.69. The summed E-state index contributed by atoms with van der Waals surface area (Å²) < 4.78 is 27.5. The summed E-state index contributed by atoms with van der Waals surface area (Å²) in [5.74, 6) is -1.29. The molecule has 0 fully saturated rings. The van der Waals surface area contributed by atoms with E-state index in [1.807, 2.05) is 13.8 Å². The van der Waals surface area contributed by atoms with Gasteiger partial charge in [0.15, 0.2) is 0 Å². The minimum atomic E-state index is -3.91. The summed E-state index contributed by atoms with van der Waals surface area (Å²) in [6.45, 7) is 3.62. The van der Waals surface area contributed by atoms with Crippen molar-refractivity contribution in [3.05, 3.63) is 0 Å². The number of hydrogen-bond donors (Lipinski definition) is 2. The zero-order chi connectivity index (χ0) is 16.8. The molecule has 0 radical (unpaired) electrons. The van der Waals surface area contributed by atoms with Crippen LogP contribution in [0, 0.1) is 5.92 Å². The van der Waals surface area contributed by atoms with Gasteiger partial charge < -0.3 is 10.0 Å². The maximum atomic E-state index is 12.1. The van der Waals surface area contributed by atoms with E-state index in [4.69, 9.17) is 5.11 Å². The fraction of sp³-hybridized carbons (Fsp3) is 0.833. The van der Waals surface area contributed by atoms with Crippen molar-refractivity contribution < 1.29 is 23.1 Å². The van der Waals surface area contributed by atoms with Crippen molar-refractivity contribution in [3.8, 4) is 0 Å². The number of carboxylic acid groups (broad SMARTS) is 1. The number of nitrogens with zero attached hydrogens (tertiary/aromatic N) is 2. The van der Waals surface area contributed by atoms with Crippen molar-refractivity contribution in [3.63, 3.8) is 0 Å². The Hall–Kier alpha value is -1.19. The van der Waals surface area contributed by atoms with Crippen LogP contribution in [0.2, 0.25) is 0 Å². The minimum absolute atomic E-state index is 0.130. The molecule has 124 valence electrons. The first kappa shape index (κ1) is 19.8. The van der Waals surface area contributed by atoms with E-state index in [1.54, 1.807) is 14.1 Å². The quantitative estimate of drug-likeness (QED) is 0.607. The number of carbonyl (C=O) groups is 2. The van der Waals surface area contributed by atoms with Crippen LogP contribution < -0.4 is 4.72 Å². The first-order valence-corrected chi connectivity index (χ1v) is 8.08. The zero-order valence-corrected chi connectivity index (χ0v) is 14.0. The third-order valence-electron chi connectivity index (χ3n) is 2.79. The van der Waals surface area contributed by atoms with Gasteiger partial charge in [-0.25, -0.2) is 0 Å². The Morgan fingerprint density at radius 1 is 1.19 bits per heavy atom. The van der Waals surface area contributed by atoms with Crippen LogP contribution in [0.3, 0.4) is 0 Å². The highest BCUT2D eigenvalue weighted by atomic mass is 32.2. The maximum Gasteiger partial charge on any atom is 0.304 e. The summed E-state index contributed by atoms with van der Waals surface area (Å²) in [5.41, 5.74) is 0. The van der Waals surface area contributed by atoms with Gasteiger partial charge in [0.1, 0.15) is 6.04 Å². The minimum Gasteiger partial charge on any atom is -0.481 e. The molecule has 0 aliphatic carbocycles. The SMILES string of the molecule is CC(C)CC(NS(=O)(=O)N(C)CCC(=O)O)C(=O)N(C)C. The van der Waals surface area contributed by atoms with Gasteiger partial charge in [-0.1, -0.05) is 13.8 Å². The number of aliphatic carboxylic acids is 1. The Bertz CT molecular complexity index is 462. The van der Waals surface area contributed by atoms with Crippen LogP contribution in [-0.4, -0.2) is 68.3 Å². The lowest BCUT2D eigenvalue weighted by atomic mass is 10.0. The monoisotopic (exact) mass is 323 g/mol. The van der Waals surface area contributed by atoms with Crippen molar-refractivity contribution in [1.29, 1.82) is 0 Å². The molecule has 1 amide bonds. The molecule has 0 spiro atoms. The van der Waals surface area contributed by atoms with E-state index in [2.05, 4.69) is 4.72 Å². The van der Waals surface area contributed by atoms with Gasteiger partial charge in [-0.3, -0.25) is 9.59 Å². The molecule has 2 N–H and O–H groups in total. The number of carbonyl (C=O) groups excluding carboxylic acids is 1. The van der Waals surface area contributed by atoms with Crippen LogP contribution in [0.15, 0.2) is 0 Å². The van der Waals surface area contributed by atoms with Crippen LogP contribution in [0.4, 0.5) is 0 Å². The first-order chi connectivity index (χ1) is 9.47. The van der Waals surface area contributed by atoms with Gasteiger partial charge >= 0.3 is 5.97 Å². The Morgan fingerprint density at radius 3 is 2.10 bits per heavy atom. The standard InChI is InChI=1S/C12H25N3O5S/c1-9(2)8-10(12(18)14(3)4)13-21(19,20)15(5)7-6-11(16)17/h9-10,13H,6-8H2,1-5H3,(H,16,17). The van der Waals surface area contributed by atoms with E-state index in [1.165, 1.54) is 11.9 Å². The molecule has 1 unspecified atom stereocenters. The summed E-state index contributed by atoms with van der Waals surface area (Å²) in [5, 5.41) is 8.59. The Morgan fingerprint density at radius 2 is 1.71 bits per heavy atom. The van der Waals surface area contributed by atoms with Gasteiger partial charge in [-0.15, -0.1) is 0 Å². The van der Waals surface area contributed by atoms with Gasteiger partial charge in [0.2, 0.25) is 5.91 Å². The van der Waals surface area contributed by atoms with Crippen molar-refractivity contribution in [2.24, 2.45) is 5.92 Å². The lowest BCUT2D eigenvalue weighted by Crippen LogP contribution is -2.51. The van der Waals surface area contributed by atoms with Gasteiger partial charge in [-0.2, -0.15) is 17.4 Å². The first-order valence-electron chi connectivity index (χ1n) is 6.64. The second kappa shape index (κ2) is 8.30. The second-order valence-electron chi connectivity index (χ2n) is 5.50. The number of rotatable bonds is 9. The van der Waals surface area contributed by atoms with Gasteiger partial charge in [0.25, 0.3) is 10.2 Å². The van der Waals surface area contributed by atoms with Crippen LogP contribution in [-0.2, 0) is 19.8 Å². The molecule has 1 atom stereocenters. The van der Waals surface area contributed by atoms with E-state index in [9.17, 15) is 18.0 Å². The second-order valence-corrected chi connectivity index (χ2v) is 7.31. The average molecular weight is 323 g/mol. The van der Waals surface area contributed by atoms with E-state index in [-0.39, 0.29) is 24.8 Å². The highest BCUT2D eigenvalue weighted by Crippen LogP contribution is 2.09. The molecule has 0 heterocycles. The normalized spacial score (nSPS) is 13.5. The Balaban J connectivity index is 4.96. The number of hydrogen-bond acceptors (Lipinski definition) is 4. The number of carboxylic acids is 1. The molecule has 0 aliphatic heterocycles. The van der Waals surface area contributed by atoms with Crippen LogP contribution >= 0.6 is 0 Å².